The molecule has 0 saturated carbocycles. The van der Waals surface area contributed by atoms with Gasteiger partial charge in [0.2, 0.25) is 0 Å². The second-order valence-electron chi connectivity index (χ2n) is 5.05. The summed E-state index contributed by atoms with van der Waals surface area (Å²) in [5.74, 6) is 2.52. The number of thiophene rings is 1. The minimum atomic E-state index is 0.573. The van der Waals surface area contributed by atoms with E-state index >= 15 is 0 Å². The highest BCUT2D eigenvalue weighted by Gasteiger charge is 2.10. The maximum Gasteiger partial charge on any atom is 0.191 e. The normalized spacial score (nSPS) is 10.5. The molecule has 0 bridgehead atoms. The van der Waals surface area contributed by atoms with Gasteiger partial charge in [0, 0.05) is 24.1 Å². The Kier molecular flexibility index (Phi) is 5.51. The first kappa shape index (κ1) is 16.6. The van der Waals surface area contributed by atoms with Gasteiger partial charge in [-0.15, -0.1) is 21.5 Å². The number of ether oxygens (including phenoxy) is 1. The van der Waals surface area contributed by atoms with Gasteiger partial charge in [0.25, 0.3) is 0 Å². The van der Waals surface area contributed by atoms with Gasteiger partial charge in [0.05, 0.1) is 18.2 Å². The first-order valence-corrected chi connectivity index (χ1v) is 9.29. The van der Waals surface area contributed by atoms with Crippen molar-refractivity contribution in [2.45, 2.75) is 11.6 Å². The molecular weight excluding hydrogens is 340 g/mol. The Morgan fingerprint density at radius 3 is 2.79 bits per heavy atom. The monoisotopic (exact) mass is 356 g/mol. The molecule has 0 spiro atoms. The van der Waals surface area contributed by atoms with E-state index in [0.717, 1.165) is 28.9 Å². The van der Waals surface area contributed by atoms with E-state index in [2.05, 4.69) is 27.7 Å². The maximum absolute atomic E-state index is 8.77. The van der Waals surface area contributed by atoms with Crippen molar-refractivity contribution >= 4 is 23.1 Å². The Bertz CT molecular complexity index is 819. The topological polar surface area (TPSA) is 63.7 Å². The van der Waals surface area contributed by atoms with Crippen molar-refractivity contribution in [1.29, 1.82) is 5.26 Å². The highest BCUT2D eigenvalue weighted by atomic mass is 32.2. The Balaban J connectivity index is 1.48. The molecule has 2 heterocycles. The van der Waals surface area contributed by atoms with Crippen LogP contribution in [0.15, 0.2) is 46.9 Å². The molecule has 7 heteroatoms. The van der Waals surface area contributed by atoms with Crippen LogP contribution < -0.4 is 4.74 Å². The third-order valence-corrected chi connectivity index (χ3v) is 5.27. The largest absolute Gasteiger partial charge is 0.493 e. The Morgan fingerprint density at radius 1 is 1.25 bits per heavy atom. The fraction of sp³-hybridized carbons (Fsp3) is 0.235. The summed E-state index contributed by atoms with van der Waals surface area (Å²) >= 11 is 3.35. The third-order valence-electron chi connectivity index (χ3n) is 3.40. The van der Waals surface area contributed by atoms with Gasteiger partial charge < -0.3 is 9.30 Å². The van der Waals surface area contributed by atoms with E-state index < -0.39 is 0 Å². The van der Waals surface area contributed by atoms with E-state index in [-0.39, 0.29) is 0 Å². The van der Waals surface area contributed by atoms with E-state index in [1.54, 1.807) is 35.2 Å². The molecule has 2 aromatic heterocycles. The van der Waals surface area contributed by atoms with Crippen molar-refractivity contribution in [3.05, 3.63) is 58.0 Å². The van der Waals surface area contributed by atoms with E-state index in [0.29, 0.717) is 12.2 Å². The van der Waals surface area contributed by atoms with Crippen molar-refractivity contribution in [2.24, 2.45) is 7.05 Å². The van der Waals surface area contributed by atoms with Crippen LogP contribution in [0.3, 0.4) is 0 Å². The smallest absolute Gasteiger partial charge is 0.191 e. The van der Waals surface area contributed by atoms with Crippen LogP contribution in [0.4, 0.5) is 0 Å². The highest BCUT2D eigenvalue weighted by molar-refractivity contribution is 7.99. The fourth-order valence-electron chi connectivity index (χ4n) is 2.11. The molecule has 0 aliphatic carbocycles. The Morgan fingerprint density at radius 2 is 2.08 bits per heavy atom. The van der Waals surface area contributed by atoms with Crippen molar-refractivity contribution in [3.8, 4) is 11.8 Å². The third kappa shape index (κ3) is 4.16. The van der Waals surface area contributed by atoms with Crippen LogP contribution in [-0.2, 0) is 13.5 Å². The number of aromatic nitrogens is 3. The zero-order chi connectivity index (χ0) is 16.8. The molecule has 0 aliphatic rings. The zero-order valence-electron chi connectivity index (χ0n) is 13.2. The molecule has 0 atom stereocenters. The summed E-state index contributed by atoms with van der Waals surface area (Å²) in [5, 5.41) is 20.3. The Hall–Kier alpha value is -2.30. The Labute approximate surface area is 148 Å². The van der Waals surface area contributed by atoms with Gasteiger partial charge in [0.1, 0.15) is 11.6 Å². The molecule has 3 aromatic rings. The van der Waals surface area contributed by atoms with Gasteiger partial charge in [-0.25, -0.2) is 0 Å². The van der Waals surface area contributed by atoms with Crippen molar-refractivity contribution < 1.29 is 4.74 Å². The summed E-state index contributed by atoms with van der Waals surface area (Å²) in [4.78, 5) is 1.28. The average Bonchev–Trinajstić information content (AvgIpc) is 3.24. The van der Waals surface area contributed by atoms with Gasteiger partial charge in [-0.2, -0.15) is 5.26 Å². The van der Waals surface area contributed by atoms with Crippen LogP contribution in [0.5, 0.6) is 5.75 Å². The minimum absolute atomic E-state index is 0.573. The van der Waals surface area contributed by atoms with Crippen LogP contribution in [0.25, 0.3) is 0 Å². The summed E-state index contributed by atoms with van der Waals surface area (Å²) < 4.78 is 7.71. The van der Waals surface area contributed by atoms with Crippen molar-refractivity contribution in [3.63, 3.8) is 0 Å². The minimum Gasteiger partial charge on any atom is -0.493 e. The first-order valence-electron chi connectivity index (χ1n) is 7.42. The standard InChI is InChI=1S/C17H16N4OS2/c1-21-16(11-15-3-2-9-23-15)19-20-17(21)24-10-8-22-14-6-4-13(12-18)5-7-14/h2-7,9H,8,10-11H2,1H3. The van der Waals surface area contributed by atoms with Crippen LogP contribution >= 0.6 is 23.1 Å². The number of rotatable bonds is 7. The van der Waals surface area contributed by atoms with Crippen molar-refractivity contribution in [1.82, 2.24) is 14.8 Å². The molecule has 0 radical (unpaired) electrons. The second-order valence-corrected chi connectivity index (χ2v) is 7.14. The lowest BCUT2D eigenvalue weighted by Crippen LogP contribution is -2.03. The predicted octanol–water partition coefficient (Wildman–Crippen LogP) is 3.51. The molecule has 5 nitrogen and oxygen atoms in total. The molecule has 0 aliphatic heterocycles. The lowest BCUT2D eigenvalue weighted by Gasteiger charge is -2.06. The summed E-state index contributed by atoms with van der Waals surface area (Å²) in [6.45, 7) is 0.573. The van der Waals surface area contributed by atoms with Gasteiger partial charge in [-0.3, -0.25) is 0 Å². The molecule has 24 heavy (non-hydrogen) atoms. The lowest BCUT2D eigenvalue weighted by atomic mass is 10.2. The SMILES string of the molecule is Cn1c(Cc2cccs2)nnc1SCCOc1ccc(C#N)cc1. The van der Waals surface area contributed by atoms with E-state index in [1.165, 1.54) is 4.88 Å². The van der Waals surface area contributed by atoms with Crippen LogP contribution in [-0.4, -0.2) is 27.1 Å². The number of nitriles is 1. The number of nitrogens with zero attached hydrogens (tertiary/aromatic N) is 4. The molecule has 3 rings (SSSR count). The van der Waals surface area contributed by atoms with Gasteiger partial charge in [-0.1, -0.05) is 17.8 Å². The molecule has 0 N–H and O–H groups in total. The summed E-state index contributed by atoms with van der Waals surface area (Å²) in [6, 6.07) is 13.4. The number of hydrogen-bond donors (Lipinski definition) is 0. The zero-order valence-corrected chi connectivity index (χ0v) is 14.8. The number of thioether (sulfide) groups is 1. The summed E-state index contributed by atoms with van der Waals surface area (Å²) in [7, 11) is 1.99. The molecule has 122 valence electrons. The van der Waals surface area contributed by atoms with Crippen LogP contribution in [0.2, 0.25) is 0 Å². The molecule has 1 aromatic carbocycles. The fourth-order valence-corrected chi connectivity index (χ4v) is 3.56. The average molecular weight is 356 g/mol. The number of benzene rings is 1. The van der Waals surface area contributed by atoms with Crippen molar-refractivity contribution in [2.75, 3.05) is 12.4 Å². The summed E-state index contributed by atoms with van der Waals surface area (Å²) in [5.41, 5.74) is 0.633. The second kappa shape index (κ2) is 7.99. The summed E-state index contributed by atoms with van der Waals surface area (Å²) in [6.07, 6.45) is 0.809. The molecule has 0 saturated heterocycles. The van der Waals surface area contributed by atoms with E-state index in [1.807, 2.05) is 29.8 Å². The van der Waals surface area contributed by atoms with E-state index in [9.17, 15) is 0 Å². The van der Waals surface area contributed by atoms with Gasteiger partial charge in [0.15, 0.2) is 5.16 Å². The first-order chi connectivity index (χ1) is 11.8. The molecule has 0 unspecified atom stereocenters. The quantitative estimate of drug-likeness (QED) is 0.479. The predicted molar refractivity (Wildman–Crippen MR) is 95.5 cm³/mol. The molecular formula is C17H16N4OS2. The van der Waals surface area contributed by atoms with E-state index in [4.69, 9.17) is 10.00 Å². The van der Waals surface area contributed by atoms with Crippen LogP contribution in [0, 0.1) is 11.3 Å². The van der Waals surface area contributed by atoms with Gasteiger partial charge in [-0.05, 0) is 35.7 Å². The maximum atomic E-state index is 8.77. The molecule has 0 amide bonds. The van der Waals surface area contributed by atoms with Crippen LogP contribution in [0.1, 0.15) is 16.3 Å². The van der Waals surface area contributed by atoms with Gasteiger partial charge >= 0.3 is 0 Å². The molecule has 0 fully saturated rings. The number of hydrogen-bond acceptors (Lipinski definition) is 6. The highest BCUT2D eigenvalue weighted by Crippen LogP contribution is 2.19. The lowest BCUT2D eigenvalue weighted by molar-refractivity contribution is 0.344.